The predicted molar refractivity (Wildman–Crippen MR) is 99.9 cm³/mol. The Labute approximate surface area is 155 Å². The number of amides is 1. The summed E-state index contributed by atoms with van der Waals surface area (Å²) in [7, 11) is 0. The molecular weight excluding hydrogens is 356 g/mol. The van der Waals surface area contributed by atoms with Gasteiger partial charge in [0.1, 0.15) is 11.1 Å². The summed E-state index contributed by atoms with van der Waals surface area (Å²) >= 11 is 2.63. The molecule has 0 spiro atoms. The third kappa shape index (κ3) is 5.34. The van der Waals surface area contributed by atoms with Crippen LogP contribution in [0.25, 0.3) is 0 Å². The molecule has 1 heterocycles. The molecule has 130 valence electrons. The first-order valence-corrected chi connectivity index (χ1v) is 9.45. The summed E-state index contributed by atoms with van der Waals surface area (Å²) in [4.78, 5) is 25.1. The van der Waals surface area contributed by atoms with Gasteiger partial charge in [0.25, 0.3) is 5.91 Å². The lowest BCUT2D eigenvalue weighted by Gasteiger charge is -2.13. The molecule has 0 saturated heterocycles. The molecule has 1 aromatic carbocycles. The van der Waals surface area contributed by atoms with Crippen molar-refractivity contribution < 1.29 is 14.3 Å². The number of esters is 1. The summed E-state index contributed by atoms with van der Waals surface area (Å²) < 4.78 is 5.17. The number of thiophene rings is 1. The lowest BCUT2D eigenvalue weighted by Crippen LogP contribution is -2.30. The second-order valence-corrected chi connectivity index (χ2v) is 7.39. The van der Waals surface area contributed by atoms with E-state index >= 15 is 0 Å². The van der Waals surface area contributed by atoms with E-state index in [9.17, 15) is 9.59 Å². The normalized spacial score (nSPS) is 11.4. The second-order valence-electron chi connectivity index (χ2n) is 5.45. The summed E-state index contributed by atoms with van der Waals surface area (Å²) in [6.07, 6.45) is -0.930. The van der Waals surface area contributed by atoms with Crippen LogP contribution in [0.2, 0.25) is 0 Å². The number of rotatable bonds is 6. The fourth-order valence-corrected chi connectivity index (χ4v) is 3.62. The summed E-state index contributed by atoms with van der Waals surface area (Å²) in [5.41, 5.74) is 2.66. The fourth-order valence-electron chi connectivity index (χ4n) is 2.09. The largest absolute Gasteiger partial charge is 0.452 e. The number of ether oxygens (including phenoxy) is 1. The Morgan fingerprint density at radius 1 is 1.36 bits per heavy atom. The minimum atomic E-state index is -0.930. The first-order valence-electron chi connectivity index (χ1n) is 7.58. The molecule has 0 aliphatic carbocycles. The van der Waals surface area contributed by atoms with Gasteiger partial charge in [-0.25, -0.2) is 0 Å². The van der Waals surface area contributed by atoms with Crippen LogP contribution in [0, 0.1) is 25.2 Å². The highest BCUT2D eigenvalue weighted by Crippen LogP contribution is 2.24. The van der Waals surface area contributed by atoms with E-state index in [0.717, 1.165) is 10.5 Å². The number of nitrogens with zero attached hydrogens (tertiary/aromatic N) is 1. The molecule has 0 aliphatic heterocycles. The van der Waals surface area contributed by atoms with E-state index in [1.807, 2.05) is 32.0 Å². The van der Waals surface area contributed by atoms with E-state index < -0.39 is 18.0 Å². The van der Waals surface area contributed by atoms with Gasteiger partial charge in [0.05, 0.1) is 11.3 Å². The standard InChI is InChI=1S/C18H18N2O3S2/c1-11-4-5-15(12(2)8-11)25-10-16(21)23-13(3)17(22)20-18-14(9-19)6-7-24-18/h4-8,13H,10H2,1-3H3,(H,20,22)/t13-/m1/s1. The van der Waals surface area contributed by atoms with Crippen molar-refractivity contribution in [2.75, 3.05) is 11.1 Å². The highest BCUT2D eigenvalue weighted by Gasteiger charge is 2.19. The van der Waals surface area contributed by atoms with Crippen molar-refractivity contribution in [1.29, 1.82) is 5.26 Å². The number of hydrogen-bond donors (Lipinski definition) is 1. The number of nitriles is 1. The Hall–Kier alpha value is -2.30. The number of carbonyl (C=O) groups is 2. The van der Waals surface area contributed by atoms with Crippen LogP contribution in [0.4, 0.5) is 5.00 Å². The van der Waals surface area contributed by atoms with Crippen LogP contribution in [0.15, 0.2) is 34.5 Å². The van der Waals surface area contributed by atoms with Crippen molar-refractivity contribution >= 4 is 40.0 Å². The van der Waals surface area contributed by atoms with Crippen LogP contribution in [0.1, 0.15) is 23.6 Å². The second kappa shape index (κ2) is 8.70. The van der Waals surface area contributed by atoms with Gasteiger partial charge in [-0.05, 0) is 43.8 Å². The molecule has 5 nitrogen and oxygen atoms in total. The highest BCUT2D eigenvalue weighted by molar-refractivity contribution is 8.00. The first kappa shape index (κ1) is 19.0. The lowest BCUT2D eigenvalue weighted by atomic mass is 10.2. The molecule has 0 fully saturated rings. The van der Waals surface area contributed by atoms with Gasteiger partial charge in [-0.1, -0.05) is 17.7 Å². The molecule has 0 aliphatic rings. The van der Waals surface area contributed by atoms with Crippen LogP contribution >= 0.6 is 23.1 Å². The molecule has 0 unspecified atom stereocenters. The van der Waals surface area contributed by atoms with E-state index in [4.69, 9.17) is 10.00 Å². The summed E-state index contributed by atoms with van der Waals surface area (Å²) in [5, 5.41) is 13.7. The van der Waals surface area contributed by atoms with Crippen molar-refractivity contribution in [2.24, 2.45) is 0 Å². The Morgan fingerprint density at radius 2 is 2.12 bits per heavy atom. The van der Waals surface area contributed by atoms with Crippen LogP contribution in [0.5, 0.6) is 0 Å². The maximum absolute atomic E-state index is 12.1. The molecule has 0 saturated carbocycles. The van der Waals surface area contributed by atoms with Gasteiger partial charge in [0, 0.05) is 4.90 Å². The molecule has 25 heavy (non-hydrogen) atoms. The minimum Gasteiger partial charge on any atom is -0.452 e. The third-order valence-corrected chi connectivity index (χ3v) is 5.35. The molecular formula is C18H18N2O3S2. The molecule has 1 N–H and O–H groups in total. The van der Waals surface area contributed by atoms with Crippen molar-refractivity contribution in [3.63, 3.8) is 0 Å². The maximum Gasteiger partial charge on any atom is 0.317 e. The molecule has 2 aromatic rings. The van der Waals surface area contributed by atoms with Gasteiger partial charge < -0.3 is 10.1 Å². The average molecular weight is 374 g/mol. The summed E-state index contributed by atoms with van der Waals surface area (Å²) in [6.45, 7) is 5.51. The summed E-state index contributed by atoms with van der Waals surface area (Å²) in [5.74, 6) is -0.785. The molecule has 7 heteroatoms. The SMILES string of the molecule is Cc1ccc(SCC(=O)O[C@H](C)C(=O)Nc2sccc2C#N)c(C)c1. The Kier molecular flexibility index (Phi) is 6.62. The van der Waals surface area contributed by atoms with Crippen LogP contribution < -0.4 is 5.32 Å². The van der Waals surface area contributed by atoms with E-state index in [0.29, 0.717) is 10.6 Å². The first-order chi connectivity index (χ1) is 11.9. The van der Waals surface area contributed by atoms with Crippen LogP contribution in [-0.2, 0) is 14.3 Å². The number of thioether (sulfide) groups is 1. The molecule has 0 bridgehead atoms. The summed E-state index contributed by atoms with van der Waals surface area (Å²) in [6, 6.07) is 9.63. The molecule has 1 aromatic heterocycles. The van der Waals surface area contributed by atoms with Crippen LogP contribution in [-0.4, -0.2) is 23.7 Å². The quantitative estimate of drug-likeness (QED) is 0.613. The van der Waals surface area contributed by atoms with Crippen molar-refractivity contribution in [3.05, 3.63) is 46.3 Å². The van der Waals surface area contributed by atoms with Crippen LogP contribution in [0.3, 0.4) is 0 Å². The number of aryl methyl sites for hydroxylation is 2. The molecule has 0 radical (unpaired) electrons. The Balaban J connectivity index is 1.85. The van der Waals surface area contributed by atoms with Crippen molar-refractivity contribution in [3.8, 4) is 6.07 Å². The van der Waals surface area contributed by atoms with Gasteiger partial charge in [0.15, 0.2) is 6.10 Å². The van der Waals surface area contributed by atoms with Gasteiger partial charge >= 0.3 is 5.97 Å². The van der Waals surface area contributed by atoms with Gasteiger partial charge in [0.2, 0.25) is 0 Å². The number of benzene rings is 1. The van der Waals surface area contributed by atoms with Crippen molar-refractivity contribution in [2.45, 2.75) is 31.8 Å². The van der Waals surface area contributed by atoms with Crippen molar-refractivity contribution in [1.82, 2.24) is 0 Å². The topological polar surface area (TPSA) is 79.2 Å². The Morgan fingerprint density at radius 3 is 2.80 bits per heavy atom. The number of hydrogen-bond acceptors (Lipinski definition) is 6. The van der Waals surface area contributed by atoms with E-state index in [1.165, 1.54) is 35.6 Å². The van der Waals surface area contributed by atoms with Gasteiger partial charge in [-0.3, -0.25) is 9.59 Å². The Bertz CT molecular complexity index is 824. The van der Waals surface area contributed by atoms with E-state index in [1.54, 1.807) is 11.4 Å². The maximum atomic E-state index is 12.1. The zero-order valence-electron chi connectivity index (χ0n) is 14.2. The molecule has 2 rings (SSSR count). The number of carbonyl (C=O) groups excluding carboxylic acids is 2. The monoisotopic (exact) mass is 374 g/mol. The highest BCUT2D eigenvalue weighted by atomic mass is 32.2. The smallest absolute Gasteiger partial charge is 0.317 e. The average Bonchev–Trinajstić information content (AvgIpc) is 3.01. The predicted octanol–water partition coefficient (Wildman–Crippen LogP) is 3.90. The molecule has 1 atom stereocenters. The lowest BCUT2D eigenvalue weighted by molar-refractivity contribution is -0.150. The minimum absolute atomic E-state index is 0.129. The molecule has 1 amide bonds. The number of nitrogens with one attached hydrogen (secondary N) is 1. The number of anilines is 1. The zero-order valence-corrected chi connectivity index (χ0v) is 15.8. The van der Waals surface area contributed by atoms with E-state index in [2.05, 4.69) is 11.4 Å². The van der Waals surface area contributed by atoms with Gasteiger partial charge in [-0.2, -0.15) is 5.26 Å². The fraction of sp³-hybridized carbons (Fsp3) is 0.278. The third-order valence-electron chi connectivity index (χ3n) is 3.38. The van der Waals surface area contributed by atoms with Gasteiger partial charge in [-0.15, -0.1) is 23.1 Å². The zero-order chi connectivity index (χ0) is 18.4. The van der Waals surface area contributed by atoms with E-state index in [-0.39, 0.29) is 5.75 Å².